The summed E-state index contributed by atoms with van der Waals surface area (Å²) in [6, 6.07) is 5.98. The molecule has 1 aromatic heterocycles. The van der Waals surface area contributed by atoms with E-state index in [1.54, 1.807) is 6.07 Å². The molecule has 2 heterocycles. The van der Waals surface area contributed by atoms with Crippen LogP contribution in [-0.2, 0) is 15.5 Å². The first-order chi connectivity index (χ1) is 12.4. The Bertz CT molecular complexity index is 839. The summed E-state index contributed by atoms with van der Waals surface area (Å²) in [5.41, 5.74) is -1.82. The Balaban J connectivity index is 1.81. The van der Waals surface area contributed by atoms with Crippen LogP contribution in [0.25, 0.3) is 0 Å². The molecule has 27 heavy (non-hydrogen) atoms. The monoisotopic (exact) mass is 383 g/mol. The van der Waals surface area contributed by atoms with Gasteiger partial charge < -0.3 is 14.0 Å². The van der Waals surface area contributed by atoms with Gasteiger partial charge in [0.15, 0.2) is 11.6 Å². The van der Waals surface area contributed by atoms with Crippen LogP contribution in [-0.4, -0.2) is 23.3 Å². The number of aromatic nitrogens is 1. The quantitative estimate of drug-likeness (QED) is 0.585. The fraction of sp³-hybridized carbons (Fsp3) is 0.389. The van der Waals surface area contributed by atoms with E-state index in [9.17, 15) is 17.6 Å². The van der Waals surface area contributed by atoms with E-state index in [2.05, 4.69) is 4.98 Å². The summed E-state index contributed by atoms with van der Waals surface area (Å²) < 4.78 is 69.5. The summed E-state index contributed by atoms with van der Waals surface area (Å²) in [6.45, 7) is 7.51. The second-order valence-electron chi connectivity index (χ2n) is 7.25. The average molecular weight is 383 g/mol. The predicted molar refractivity (Wildman–Crippen MR) is 91.4 cm³/mol. The van der Waals surface area contributed by atoms with Crippen molar-refractivity contribution in [2.45, 2.75) is 45.1 Å². The van der Waals surface area contributed by atoms with E-state index in [1.165, 1.54) is 18.2 Å². The predicted octanol–water partition coefficient (Wildman–Crippen LogP) is 4.33. The number of hydrogen-bond acceptors (Lipinski definition) is 4. The summed E-state index contributed by atoms with van der Waals surface area (Å²) in [6.07, 6.45) is -3.66. The summed E-state index contributed by atoms with van der Waals surface area (Å²) in [4.78, 5) is 3.24. The highest BCUT2D eigenvalue weighted by atomic mass is 19.4. The minimum Gasteiger partial charge on any atom is -0.454 e. The minimum absolute atomic E-state index is 0.167. The highest BCUT2D eigenvalue weighted by molar-refractivity contribution is 6.62. The maximum atomic E-state index is 14.4. The van der Waals surface area contributed by atoms with Crippen molar-refractivity contribution < 1.29 is 31.6 Å². The van der Waals surface area contributed by atoms with Crippen molar-refractivity contribution in [2.24, 2.45) is 0 Å². The van der Waals surface area contributed by atoms with E-state index in [0.717, 1.165) is 6.20 Å². The summed E-state index contributed by atoms with van der Waals surface area (Å²) in [7, 11) is -0.753. The first-order valence-electron chi connectivity index (χ1n) is 8.25. The van der Waals surface area contributed by atoms with Gasteiger partial charge in [0.05, 0.1) is 11.2 Å². The van der Waals surface area contributed by atoms with Crippen molar-refractivity contribution in [3.63, 3.8) is 0 Å². The van der Waals surface area contributed by atoms with Crippen molar-refractivity contribution in [3.05, 3.63) is 48.0 Å². The molecule has 1 saturated heterocycles. The van der Waals surface area contributed by atoms with Crippen LogP contribution in [0.2, 0.25) is 0 Å². The van der Waals surface area contributed by atoms with Crippen molar-refractivity contribution in [1.82, 2.24) is 4.98 Å². The molecule has 144 valence electrons. The van der Waals surface area contributed by atoms with Crippen LogP contribution in [0.5, 0.6) is 11.5 Å². The zero-order valence-electron chi connectivity index (χ0n) is 15.2. The number of halogens is 4. The third-order valence-electron chi connectivity index (χ3n) is 4.73. The molecular formula is C18H18BF4NO3. The van der Waals surface area contributed by atoms with Crippen LogP contribution in [0.1, 0.15) is 33.4 Å². The van der Waals surface area contributed by atoms with E-state index in [0.29, 0.717) is 11.5 Å². The largest absolute Gasteiger partial charge is 0.494 e. The van der Waals surface area contributed by atoms with Crippen molar-refractivity contribution in [2.75, 3.05) is 0 Å². The van der Waals surface area contributed by atoms with Crippen LogP contribution in [0.3, 0.4) is 0 Å². The summed E-state index contributed by atoms with van der Waals surface area (Å²) >= 11 is 0. The Morgan fingerprint density at radius 2 is 1.63 bits per heavy atom. The minimum atomic E-state index is -4.61. The number of alkyl halides is 3. The molecule has 0 unspecified atom stereocenters. The van der Waals surface area contributed by atoms with Gasteiger partial charge in [-0.1, -0.05) is 6.07 Å². The molecule has 0 bridgehead atoms. The zero-order valence-corrected chi connectivity index (χ0v) is 15.2. The molecule has 1 aliphatic heterocycles. The van der Waals surface area contributed by atoms with Gasteiger partial charge in [-0.2, -0.15) is 13.2 Å². The fourth-order valence-electron chi connectivity index (χ4n) is 2.48. The molecule has 0 saturated carbocycles. The Morgan fingerprint density at radius 1 is 1.00 bits per heavy atom. The maximum absolute atomic E-state index is 14.4. The topological polar surface area (TPSA) is 40.6 Å². The molecule has 9 heteroatoms. The standard InChI is InChI=1S/C18H18BF4NO3/c1-16(2)17(3,4)27-19(26-16)11-5-6-14(13(20)9-11)25-12-7-8-24-15(10-12)18(21,22)23/h5-10H,1-4H3. The zero-order chi connectivity index (χ0) is 20.0. The molecular weight excluding hydrogens is 365 g/mol. The van der Waals surface area contributed by atoms with E-state index < -0.39 is 36.0 Å². The van der Waals surface area contributed by atoms with Gasteiger partial charge >= 0.3 is 13.3 Å². The van der Waals surface area contributed by atoms with Gasteiger partial charge in [-0.05, 0) is 51.4 Å². The van der Waals surface area contributed by atoms with Gasteiger partial charge in [0.25, 0.3) is 0 Å². The van der Waals surface area contributed by atoms with Crippen LogP contribution < -0.4 is 10.2 Å². The number of rotatable bonds is 3. The lowest BCUT2D eigenvalue weighted by atomic mass is 9.79. The Morgan fingerprint density at radius 3 is 2.19 bits per heavy atom. The number of ether oxygens (including phenoxy) is 1. The third kappa shape index (κ3) is 3.94. The molecule has 0 radical (unpaired) electrons. The van der Waals surface area contributed by atoms with E-state index in [1.807, 2.05) is 27.7 Å². The SMILES string of the molecule is CC1(C)OB(c2ccc(Oc3ccnc(C(F)(F)F)c3)c(F)c2)OC1(C)C. The molecule has 0 spiro atoms. The van der Waals surface area contributed by atoms with Gasteiger partial charge in [-0.3, -0.25) is 4.98 Å². The van der Waals surface area contributed by atoms with Crippen LogP contribution in [0.4, 0.5) is 17.6 Å². The summed E-state index contributed by atoms with van der Waals surface area (Å²) in [5.74, 6) is -1.12. The highest BCUT2D eigenvalue weighted by Gasteiger charge is 2.51. The maximum Gasteiger partial charge on any atom is 0.494 e. The molecule has 1 fully saturated rings. The van der Waals surface area contributed by atoms with E-state index in [4.69, 9.17) is 14.0 Å². The van der Waals surface area contributed by atoms with Crippen LogP contribution in [0.15, 0.2) is 36.5 Å². The van der Waals surface area contributed by atoms with E-state index in [-0.39, 0.29) is 11.5 Å². The number of benzene rings is 1. The lowest BCUT2D eigenvalue weighted by Gasteiger charge is -2.32. The first kappa shape index (κ1) is 19.6. The molecule has 0 N–H and O–H groups in total. The normalized spacial score (nSPS) is 18.6. The molecule has 1 aromatic carbocycles. The van der Waals surface area contributed by atoms with Crippen molar-refractivity contribution in [3.8, 4) is 11.5 Å². The van der Waals surface area contributed by atoms with Gasteiger partial charge in [0, 0.05) is 12.3 Å². The van der Waals surface area contributed by atoms with Gasteiger partial charge in [0.1, 0.15) is 11.4 Å². The molecule has 1 aliphatic rings. The lowest BCUT2D eigenvalue weighted by molar-refractivity contribution is -0.141. The molecule has 0 aliphatic carbocycles. The molecule has 3 rings (SSSR count). The Kier molecular flexibility index (Phi) is 4.72. The van der Waals surface area contributed by atoms with Crippen LogP contribution >= 0.6 is 0 Å². The smallest absolute Gasteiger partial charge is 0.454 e. The van der Waals surface area contributed by atoms with Crippen molar-refractivity contribution in [1.29, 1.82) is 0 Å². The number of hydrogen-bond donors (Lipinski definition) is 0. The highest BCUT2D eigenvalue weighted by Crippen LogP contribution is 2.37. The van der Waals surface area contributed by atoms with Gasteiger partial charge in [-0.15, -0.1) is 0 Å². The molecule has 0 amide bonds. The number of pyridine rings is 1. The second-order valence-corrected chi connectivity index (χ2v) is 7.25. The summed E-state index contributed by atoms with van der Waals surface area (Å²) in [5, 5.41) is 0. The third-order valence-corrected chi connectivity index (χ3v) is 4.73. The number of nitrogens with zero attached hydrogens (tertiary/aromatic N) is 1. The van der Waals surface area contributed by atoms with Gasteiger partial charge in [0.2, 0.25) is 0 Å². The van der Waals surface area contributed by atoms with Crippen LogP contribution in [0, 0.1) is 5.82 Å². The van der Waals surface area contributed by atoms with Gasteiger partial charge in [-0.25, -0.2) is 4.39 Å². The second kappa shape index (κ2) is 6.49. The average Bonchev–Trinajstić information content (AvgIpc) is 2.77. The Hall–Kier alpha value is -2.13. The van der Waals surface area contributed by atoms with Crippen molar-refractivity contribution >= 4 is 12.6 Å². The molecule has 2 aromatic rings. The first-order valence-corrected chi connectivity index (χ1v) is 8.25. The fourth-order valence-corrected chi connectivity index (χ4v) is 2.48. The molecule has 4 nitrogen and oxygen atoms in total. The Labute approximate surface area is 154 Å². The lowest BCUT2D eigenvalue weighted by Crippen LogP contribution is -2.41. The van der Waals surface area contributed by atoms with E-state index >= 15 is 0 Å². The molecule has 0 atom stereocenters.